The fourth-order valence-corrected chi connectivity index (χ4v) is 3.35. The summed E-state index contributed by atoms with van der Waals surface area (Å²) < 4.78 is 7.19. The fraction of sp³-hybridized carbons (Fsp3) is 0.118. The van der Waals surface area contributed by atoms with Crippen LogP contribution in [0.15, 0.2) is 52.0 Å². The van der Waals surface area contributed by atoms with Crippen LogP contribution in [0.1, 0.15) is 5.69 Å². The van der Waals surface area contributed by atoms with Gasteiger partial charge in [-0.05, 0) is 30.3 Å². The summed E-state index contributed by atoms with van der Waals surface area (Å²) in [5, 5.41) is 9.36. The highest BCUT2D eigenvalue weighted by atomic mass is 32.1. The van der Waals surface area contributed by atoms with Crippen molar-refractivity contribution < 1.29 is 9.53 Å². The van der Waals surface area contributed by atoms with Crippen LogP contribution in [-0.2, 0) is 4.79 Å². The van der Waals surface area contributed by atoms with E-state index in [0.717, 1.165) is 21.8 Å². The fourth-order valence-electron chi connectivity index (χ4n) is 2.55. The minimum atomic E-state index is -0.156. The van der Waals surface area contributed by atoms with E-state index in [-0.39, 0.29) is 12.5 Å². The zero-order chi connectivity index (χ0) is 17.2. The molecule has 0 atom stereocenters. The number of nitrogens with zero attached hydrogens (tertiary/aromatic N) is 3. The molecule has 1 aromatic carbocycles. The Balaban J connectivity index is 1.77. The van der Waals surface area contributed by atoms with Gasteiger partial charge in [0.1, 0.15) is 5.75 Å². The Kier molecular flexibility index (Phi) is 3.95. The third-order valence-corrected chi connectivity index (χ3v) is 4.63. The molecule has 0 aliphatic carbocycles. The second kappa shape index (κ2) is 6.40. The van der Waals surface area contributed by atoms with Gasteiger partial charge in [0.05, 0.1) is 23.3 Å². The van der Waals surface area contributed by atoms with Crippen LogP contribution in [-0.4, -0.2) is 35.4 Å². The van der Waals surface area contributed by atoms with Crippen molar-refractivity contribution in [2.75, 3.05) is 19.0 Å². The molecule has 0 saturated carbocycles. The van der Waals surface area contributed by atoms with Crippen molar-refractivity contribution in [3.05, 3.63) is 52.4 Å². The minimum absolute atomic E-state index is 0.0457. The van der Waals surface area contributed by atoms with E-state index < -0.39 is 0 Å². The number of H-pyrrole nitrogens is 1. The summed E-state index contributed by atoms with van der Waals surface area (Å²) >= 11 is 1.50. The van der Waals surface area contributed by atoms with E-state index in [2.05, 4.69) is 20.4 Å². The first kappa shape index (κ1) is 15.4. The van der Waals surface area contributed by atoms with E-state index >= 15 is 0 Å². The van der Waals surface area contributed by atoms with E-state index in [9.17, 15) is 4.79 Å². The van der Waals surface area contributed by atoms with Crippen molar-refractivity contribution in [1.29, 1.82) is 0 Å². The lowest BCUT2D eigenvalue weighted by Gasteiger charge is -2.18. The Labute approximate surface area is 147 Å². The van der Waals surface area contributed by atoms with Crippen LogP contribution in [0.5, 0.6) is 5.75 Å². The molecule has 0 saturated heterocycles. The van der Waals surface area contributed by atoms with Gasteiger partial charge in [-0.2, -0.15) is 5.10 Å². The molecule has 0 radical (unpaired) electrons. The van der Waals surface area contributed by atoms with Crippen molar-refractivity contribution in [3.8, 4) is 17.0 Å². The number of hydrogen-bond acceptors (Lipinski definition) is 5. The standard InChI is InChI=1S/C17H15N5O2S/c1-18-17-22(20-8-12-3-2-6-19-12)14(10-25-17)11-4-5-15-13(7-11)21-16(23)9-24-15/h2-8,10,19H,9H2,1H3,(H,21,23). The number of ether oxygens (including phenoxy) is 1. The quantitative estimate of drug-likeness (QED) is 0.708. The zero-order valence-corrected chi connectivity index (χ0v) is 14.2. The number of hydrogen-bond donors (Lipinski definition) is 2. The zero-order valence-electron chi connectivity index (χ0n) is 13.4. The second-order valence-corrected chi connectivity index (χ2v) is 6.19. The Hall–Kier alpha value is -3.13. The van der Waals surface area contributed by atoms with E-state index in [0.29, 0.717) is 11.4 Å². The molecule has 0 unspecified atom stereocenters. The molecule has 2 N–H and O–H groups in total. The molecule has 126 valence electrons. The topological polar surface area (TPSA) is 83.8 Å². The van der Waals surface area contributed by atoms with E-state index in [4.69, 9.17) is 4.74 Å². The number of aromatic amines is 1. The van der Waals surface area contributed by atoms with Crippen LogP contribution < -0.4 is 14.9 Å². The summed E-state index contributed by atoms with van der Waals surface area (Å²) in [6, 6.07) is 9.53. The second-order valence-electron chi connectivity index (χ2n) is 5.36. The van der Waals surface area contributed by atoms with Crippen molar-refractivity contribution in [1.82, 2.24) is 9.66 Å². The molecule has 7 nitrogen and oxygen atoms in total. The average molecular weight is 353 g/mol. The predicted octanol–water partition coefficient (Wildman–Crippen LogP) is 2.29. The average Bonchev–Trinajstić information content (AvgIpc) is 3.28. The summed E-state index contributed by atoms with van der Waals surface area (Å²) in [6.45, 7) is 0.0457. The molecule has 0 fully saturated rings. The van der Waals surface area contributed by atoms with Crippen LogP contribution >= 0.6 is 11.3 Å². The summed E-state index contributed by atoms with van der Waals surface area (Å²) in [5.41, 5.74) is 3.36. The number of nitrogens with one attached hydrogen (secondary N) is 2. The number of fused-ring (bicyclic) bond motifs is 1. The van der Waals surface area contributed by atoms with Gasteiger partial charge in [0.25, 0.3) is 5.91 Å². The molecule has 3 heterocycles. The largest absolute Gasteiger partial charge is 0.482 e. The summed E-state index contributed by atoms with van der Waals surface area (Å²) in [4.78, 5) is 19.7. The van der Waals surface area contributed by atoms with Crippen molar-refractivity contribution in [3.63, 3.8) is 0 Å². The maximum atomic E-state index is 11.5. The highest BCUT2D eigenvalue weighted by molar-refractivity contribution is 7.07. The molecule has 2 aromatic heterocycles. The molecule has 1 aliphatic rings. The van der Waals surface area contributed by atoms with Gasteiger partial charge in [0, 0.05) is 24.2 Å². The normalized spacial score (nSPS) is 14.4. The van der Waals surface area contributed by atoms with Gasteiger partial charge in [-0.1, -0.05) is 0 Å². The van der Waals surface area contributed by atoms with Crippen molar-refractivity contribution >= 4 is 29.1 Å². The number of benzene rings is 1. The van der Waals surface area contributed by atoms with Gasteiger partial charge in [0.2, 0.25) is 4.80 Å². The third-order valence-electron chi connectivity index (χ3n) is 3.72. The maximum Gasteiger partial charge on any atom is 0.262 e. The summed E-state index contributed by atoms with van der Waals surface area (Å²) in [5.74, 6) is 0.511. The maximum absolute atomic E-state index is 11.5. The Morgan fingerprint density at radius 1 is 1.36 bits per heavy atom. The highest BCUT2D eigenvalue weighted by Crippen LogP contribution is 2.32. The smallest absolute Gasteiger partial charge is 0.262 e. The van der Waals surface area contributed by atoms with Crippen LogP contribution in [0.25, 0.3) is 11.3 Å². The molecule has 4 rings (SSSR count). The lowest BCUT2D eigenvalue weighted by atomic mass is 10.1. The lowest BCUT2D eigenvalue weighted by molar-refractivity contribution is -0.118. The number of carbonyl (C=O) groups excluding carboxylic acids is 1. The molecule has 3 aromatic rings. The highest BCUT2D eigenvalue weighted by Gasteiger charge is 2.17. The van der Waals surface area contributed by atoms with Gasteiger partial charge >= 0.3 is 0 Å². The van der Waals surface area contributed by atoms with E-state index in [1.807, 2.05) is 41.9 Å². The van der Waals surface area contributed by atoms with Gasteiger partial charge in [0.15, 0.2) is 6.61 Å². The molecule has 1 amide bonds. The molecule has 0 spiro atoms. The first-order valence-corrected chi connectivity index (χ1v) is 8.51. The van der Waals surface area contributed by atoms with Gasteiger partial charge < -0.3 is 15.0 Å². The molecule has 0 bridgehead atoms. The number of amides is 1. The van der Waals surface area contributed by atoms with Crippen molar-refractivity contribution in [2.24, 2.45) is 10.1 Å². The molecule has 1 aliphatic heterocycles. The third kappa shape index (κ3) is 2.99. The summed E-state index contributed by atoms with van der Waals surface area (Å²) in [6.07, 6.45) is 3.59. The molecule has 8 heteroatoms. The van der Waals surface area contributed by atoms with Crippen LogP contribution in [0.4, 0.5) is 5.69 Å². The molecular weight excluding hydrogens is 338 g/mol. The number of anilines is 1. The minimum Gasteiger partial charge on any atom is -0.482 e. The van der Waals surface area contributed by atoms with Crippen molar-refractivity contribution in [2.45, 2.75) is 0 Å². The van der Waals surface area contributed by atoms with Crippen LogP contribution in [0.3, 0.4) is 0 Å². The predicted molar refractivity (Wildman–Crippen MR) is 97.1 cm³/mol. The Bertz CT molecular complexity index is 1010. The number of carbonyl (C=O) groups is 1. The SMILES string of the molecule is CN=c1scc(-c2ccc3c(c2)NC(=O)CO3)n1N=Cc1ccc[nH]1. The van der Waals surface area contributed by atoms with Crippen LogP contribution in [0, 0.1) is 0 Å². The van der Waals surface area contributed by atoms with Gasteiger partial charge in [-0.15, -0.1) is 11.3 Å². The molecular formula is C17H15N5O2S. The lowest BCUT2D eigenvalue weighted by Crippen LogP contribution is -2.25. The molecule has 25 heavy (non-hydrogen) atoms. The number of thiazole rings is 1. The first-order valence-electron chi connectivity index (χ1n) is 7.63. The van der Waals surface area contributed by atoms with Crippen LogP contribution in [0.2, 0.25) is 0 Å². The number of aromatic nitrogens is 2. The van der Waals surface area contributed by atoms with Gasteiger partial charge in [-0.3, -0.25) is 9.79 Å². The monoisotopic (exact) mass is 353 g/mol. The Morgan fingerprint density at radius 3 is 3.08 bits per heavy atom. The summed E-state index contributed by atoms with van der Waals surface area (Å²) in [7, 11) is 1.73. The van der Waals surface area contributed by atoms with E-state index in [1.165, 1.54) is 11.3 Å². The first-order chi connectivity index (χ1) is 12.2. The van der Waals surface area contributed by atoms with E-state index in [1.54, 1.807) is 17.9 Å². The van der Waals surface area contributed by atoms with Gasteiger partial charge in [-0.25, -0.2) is 4.68 Å². The number of rotatable bonds is 3. The Morgan fingerprint density at radius 2 is 2.28 bits per heavy atom.